The van der Waals surface area contributed by atoms with Gasteiger partial charge in [-0.2, -0.15) is 0 Å². The van der Waals surface area contributed by atoms with E-state index in [1.165, 1.54) is 18.2 Å². The quantitative estimate of drug-likeness (QED) is 0.797. The normalized spacial score (nSPS) is 10.4. The van der Waals surface area contributed by atoms with E-state index in [0.29, 0.717) is 0 Å². The van der Waals surface area contributed by atoms with Crippen LogP contribution in [-0.2, 0) is 6.54 Å². The smallest absolute Gasteiger partial charge is 0.131 e. The van der Waals surface area contributed by atoms with Crippen LogP contribution in [0.1, 0.15) is 11.1 Å². The standard InChI is InChI=1S/C14H12F2IN/c1-9-13(17)6-3-7-14(9)18-8-10-11(15)4-2-5-12(10)16/h2-7,18H,8H2,1H3. The van der Waals surface area contributed by atoms with Crippen LogP contribution in [0.4, 0.5) is 14.5 Å². The highest BCUT2D eigenvalue weighted by molar-refractivity contribution is 14.1. The first-order valence-corrected chi connectivity index (χ1v) is 6.59. The molecule has 0 fully saturated rings. The second-order valence-electron chi connectivity index (χ2n) is 3.97. The first-order chi connectivity index (χ1) is 8.59. The Kier molecular flexibility index (Phi) is 4.16. The van der Waals surface area contributed by atoms with Crippen LogP contribution in [0.15, 0.2) is 36.4 Å². The van der Waals surface area contributed by atoms with E-state index in [1.54, 1.807) is 0 Å². The van der Waals surface area contributed by atoms with Gasteiger partial charge in [-0.15, -0.1) is 0 Å². The zero-order valence-electron chi connectivity index (χ0n) is 9.81. The highest BCUT2D eigenvalue weighted by Crippen LogP contribution is 2.22. The van der Waals surface area contributed by atoms with Gasteiger partial charge in [-0.05, 0) is 59.3 Å². The second kappa shape index (κ2) is 5.65. The van der Waals surface area contributed by atoms with Crippen LogP contribution in [0.5, 0.6) is 0 Å². The Balaban J connectivity index is 2.19. The SMILES string of the molecule is Cc1c(I)cccc1NCc1c(F)cccc1F. The van der Waals surface area contributed by atoms with Gasteiger partial charge in [0.1, 0.15) is 11.6 Å². The van der Waals surface area contributed by atoms with E-state index < -0.39 is 11.6 Å². The van der Waals surface area contributed by atoms with Crippen molar-refractivity contribution in [2.24, 2.45) is 0 Å². The van der Waals surface area contributed by atoms with E-state index in [2.05, 4.69) is 27.9 Å². The third kappa shape index (κ3) is 2.80. The first kappa shape index (κ1) is 13.3. The molecule has 18 heavy (non-hydrogen) atoms. The lowest BCUT2D eigenvalue weighted by Crippen LogP contribution is -2.06. The lowest BCUT2D eigenvalue weighted by Gasteiger charge is -2.11. The molecular formula is C14H12F2IN. The van der Waals surface area contributed by atoms with Crippen LogP contribution in [0, 0.1) is 22.1 Å². The van der Waals surface area contributed by atoms with Crippen molar-refractivity contribution in [3.8, 4) is 0 Å². The largest absolute Gasteiger partial charge is 0.381 e. The maximum atomic E-state index is 13.5. The van der Waals surface area contributed by atoms with Gasteiger partial charge in [-0.25, -0.2) is 8.78 Å². The minimum Gasteiger partial charge on any atom is -0.381 e. The van der Waals surface area contributed by atoms with Crippen molar-refractivity contribution in [1.82, 2.24) is 0 Å². The summed E-state index contributed by atoms with van der Waals surface area (Å²) in [5, 5.41) is 3.07. The molecule has 0 atom stereocenters. The van der Waals surface area contributed by atoms with Crippen molar-refractivity contribution < 1.29 is 8.78 Å². The van der Waals surface area contributed by atoms with Crippen molar-refractivity contribution in [1.29, 1.82) is 0 Å². The molecule has 0 bridgehead atoms. The molecule has 0 spiro atoms. The van der Waals surface area contributed by atoms with Gasteiger partial charge in [-0.1, -0.05) is 12.1 Å². The molecular weight excluding hydrogens is 347 g/mol. The molecule has 2 rings (SSSR count). The predicted octanol–water partition coefficient (Wildman–Crippen LogP) is 4.49. The molecule has 94 valence electrons. The molecule has 0 radical (unpaired) electrons. The molecule has 0 amide bonds. The van der Waals surface area contributed by atoms with E-state index in [4.69, 9.17) is 0 Å². The number of anilines is 1. The fraction of sp³-hybridized carbons (Fsp3) is 0.143. The zero-order chi connectivity index (χ0) is 13.1. The second-order valence-corrected chi connectivity index (χ2v) is 5.13. The van der Waals surface area contributed by atoms with Crippen LogP contribution in [0.3, 0.4) is 0 Å². The summed E-state index contributed by atoms with van der Waals surface area (Å²) in [5.41, 5.74) is 2.04. The van der Waals surface area contributed by atoms with Gasteiger partial charge in [0.2, 0.25) is 0 Å². The minimum absolute atomic E-state index is 0.0655. The Bertz CT molecular complexity index is 549. The summed E-state index contributed by atoms with van der Waals surface area (Å²) in [6.07, 6.45) is 0. The average Bonchev–Trinajstić information content (AvgIpc) is 2.33. The third-order valence-electron chi connectivity index (χ3n) is 2.78. The minimum atomic E-state index is -0.522. The molecule has 0 saturated heterocycles. The zero-order valence-corrected chi connectivity index (χ0v) is 12.0. The van der Waals surface area contributed by atoms with Gasteiger partial charge in [0.05, 0.1) is 0 Å². The molecule has 1 nitrogen and oxygen atoms in total. The number of benzene rings is 2. The van der Waals surface area contributed by atoms with Crippen LogP contribution in [0.25, 0.3) is 0 Å². The first-order valence-electron chi connectivity index (χ1n) is 5.51. The fourth-order valence-electron chi connectivity index (χ4n) is 1.68. The van der Waals surface area contributed by atoms with Gasteiger partial charge in [0, 0.05) is 21.4 Å². The Labute approximate surface area is 118 Å². The Morgan fingerprint density at radius 1 is 1.06 bits per heavy atom. The Hall–Kier alpha value is -1.17. The van der Waals surface area contributed by atoms with Gasteiger partial charge in [-0.3, -0.25) is 0 Å². The molecule has 0 saturated carbocycles. The fourth-order valence-corrected chi connectivity index (χ4v) is 2.18. The molecule has 0 aromatic heterocycles. The van der Waals surface area contributed by atoms with E-state index >= 15 is 0 Å². The number of nitrogens with one attached hydrogen (secondary N) is 1. The van der Waals surface area contributed by atoms with Gasteiger partial charge >= 0.3 is 0 Å². The molecule has 0 aliphatic heterocycles. The summed E-state index contributed by atoms with van der Waals surface area (Å²) >= 11 is 2.23. The molecule has 0 unspecified atom stereocenters. The van der Waals surface area contributed by atoms with Gasteiger partial charge in [0.25, 0.3) is 0 Å². The lowest BCUT2D eigenvalue weighted by atomic mass is 10.1. The van der Waals surface area contributed by atoms with Crippen LogP contribution >= 0.6 is 22.6 Å². The Morgan fingerprint density at radius 3 is 2.33 bits per heavy atom. The molecule has 0 aliphatic carbocycles. The molecule has 2 aromatic rings. The van der Waals surface area contributed by atoms with Crippen LogP contribution in [-0.4, -0.2) is 0 Å². The predicted molar refractivity (Wildman–Crippen MR) is 77.6 cm³/mol. The summed E-state index contributed by atoms with van der Waals surface area (Å²) in [5.74, 6) is -1.04. The van der Waals surface area contributed by atoms with E-state index in [9.17, 15) is 8.78 Å². The maximum absolute atomic E-state index is 13.5. The van der Waals surface area contributed by atoms with Crippen molar-refractivity contribution in [2.45, 2.75) is 13.5 Å². The number of rotatable bonds is 3. The topological polar surface area (TPSA) is 12.0 Å². The third-order valence-corrected chi connectivity index (χ3v) is 3.95. The van der Waals surface area contributed by atoms with Gasteiger partial charge < -0.3 is 5.32 Å². The maximum Gasteiger partial charge on any atom is 0.131 e. The van der Waals surface area contributed by atoms with Crippen molar-refractivity contribution in [3.63, 3.8) is 0 Å². The van der Waals surface area contributed by atoms with Crippen molar-refractivity contribution >= 4 is 28.3 Å². The molecule has 4 heteroatoms. The summed E-state index contributed by atoms with van der Waals surface area (Å²) in [6, 6.07) is 9.70. The van der Waals surface area contributed by atoms with Crippen molar-refractivity contribution in [3.05, 3.63) is 62.7 Å². The monoisotopic (exact) mass is 359 g/mol. The summed E-state index contributed by atoms with van der Waals surface area (Å²) in [6.45, 7) is 2.11. The summed E-state index contributed by atoms with van der Waals surface area (Å²) < 4.78 is 28.0. The van der Waals surface area contributed by atoms with E-state index in [1.807, 2.05) is 25.1 Å². The highest BCUT2D eigenvalue weighted by Gasteiger charge is 2.08. The average molecular weight is 359 g/mol. The molecule has 1 N–H and O–H groups in total. The Morgan fingerprint density at radius 2 is 1.67 bits per heavy atom. The van der Waals surface area contributed by atoms with Crippen LogP contribution in [0.2, 0.25) is 0 Å². The molecule has 0 aliphatic rings. The van der Waals surface area contributed by atoms with Gasteiger partial charge in [0.15, 0.2) is 0 Å². The van der Waals surface area contributed by atoms with Crippen molar-refractivity contribution in [2.75, 3.05) is 5.32 Å². The van der Waals surface area contributed by atoms with E-state index in [0.717, 1.165) is 14.8 Å². The molecule has 0 heterocycles. The van der Waals surface area contributed by atoms with E-state index in [-0.39, 0.29) is 12.1 Å². The number of hydrogen-bond donors (Lipinski definition) is 1. The highest BCUT2D eigenvalue weighted by atomic mass is 127. The van der Waals surface area contributed by atoms with Crippen LogP contribution < -0.4 is 5.32 Å². The lowest BCUT2D eigenvalue weighted by molar-refractivity contribution is 0.560. The number of hydrogen-bond acceptors (Lipinski definition) is 1. The molecule has 2 aromatic carbocycles. The summed E-state index contributed by atoms with van der Waals surface area (Å²) in [4.78, 5) is 0. The number of halogens is 3. The summed E-state index contributed by atoms with van der Waals surface area (Å²) in [7, 11) is 0.